The molecule has 1 heterocycles. The summed E-state index contributed by atoms with van der Waals surface area (Å²) in [6.45, 7) is 2.37. The molecule has 0 fully saturated rings. The molecule has 6 nitrogen and oxygen atoms in total. The van der Waals surface area contributed by atoms with Crippen LogP contribution in [0.15, 0.2) is 6.20 Å². The van der Waals surface area contributed by atoms with Crippen LogP contribution in [0.5, 0.6) is 0 Å². The average Bonchev–Trinajstić information content (AvgIpc) is 2.62. The number of rotatable bonds is 4. The second-order valence-corrected chi connectivity index (χ2v) is 3.12. The normalized spacial score (nSPS) is 12.5. The molecule has 0 radical (unpaired) electrons. The number of nitrogens with zero attached hydrogens (tertiary/aromatic N) is 3. The maximum absolute atomic E-state index is 10.9. The smallest absolute Gasteiger partial charge is 0.221 e. The van der Waals surface area contributed by atoms with Crippen LogP contribution in [0.2, 0.25) is 0 Å². The number of amides is 1. The van der Waals surface area contributed by atoms with Gasteiger partial charge in [-0.3, -0.25) is 9.48 Å². The van der Waals surface area contributed by atoms with E-state index in [1.807, 2.05) is 6.92 Å². The molecule has 1 unspecified atom stereocenters. The number of nitrogens with one attached hydrogen (secondary N) is 1. The second kappa shape index (κ2) is 4.71. The van der Waals surface area contributed by atoms with Crippen molar-refractivity contribution < 1.29 is 4.79 Å². The Balaban J connectivity index is 2.48. The van der Waals surface area contributed by atoms with E-state index in [2.05, 4.69) is 15.6 Å². The van der Waals surface area contributed by atoms with E-state index in [9.17, 15) is 4.79 Å². The number of aryl methyl sites for hydroxylation is 1. The molecule has 0 aliphatic heterocycles. The zero-order valence-electron chi connectivity index (χ0n) is 8.40. The predicted octanol–water partition coefficient (Wildman–Crippen LogP) is -0.566. The van der Waals surface area contributed by atoms with Gasteiger partial charge >= 0.3 is 0 Å². The Hall–Kier alpha value is -1.43. The Morgan fingerprint density at radius 2 is 2.50 bits per heavy atom. The maximum atomic E-state index is 10.9. The van der Waals surface area contributed by atoms with Gasteiger partial charge in [0.1, 0.15) is 0 Å². The van der Waals surface area contributed by atoms with Crippen LogP contribution < -0.4 is 11.1 Å². The number of nitrogens with two attached hydrogens (primary N) is 1. The fourth-order valence-electron chi connectivity index (χ4n) is 0.972. The molecular formula is C8H15N5O. The highest BCUT2D eigenvalue weighted by Gasteiger charge is 2.05. The largest absolute Gasteiger partial charge is 0.359 e. The van der Waals surface area contributed by atoms with E-state index >= 15 is 0 Å². The molecule has 0 aliphatic carbocycles. The lowest BCUT2D eigenvalue weighted by Crippen LogP contribution is -2.19. The van der Waals surface area contributed by atoms with Gasteiger partial charge in [0.15, 0.2) is 0 Å². The van der Waals surface area contributed by atoms with Crippen molar-refractivity contribution in [2.24, 2.45) is 5.73 Å². The monoisotopic (exact) mass is 197 g/mol. The average molecular weight is 197 g/mol. The molecule has 1 aromatic heterocycles. The summed E-state index contributed by atoms with van der Waals surface area (Å²) < 4.78 is 1.62. The summed E-state index contributed by atoms with van der Waals surface area (Å²) in [7, 11) is 1.61. The summed E-state index contributed by atoms with van der Waals surface area (Å²) in [6, 6.07) is -0.122. The number of hydrogen-bond acceptors (Lipinski definition) is 4. The van der Waals surface area contributed by atoms with Crippen molar-refractivity contribution in [3.63, 3.8) is 0 Å². The third-order valence-electron chi connectivity index (χ3n) is 1.87. The molecule has 1 rings (SSSR count). The molecule has 0 bridgehead atoms. The van der Waals surface area contributed by atoms with E-state index in [1.54, 1.807) is 17.9 Å². The molecule has 6 heteroatoms. The molecule has 14 heavy (non-hydrogen) atoms. The van der Waals surface area contributed by atoms with Crippen molar-refractivity contribution in [2.75, 3.05) is 7.05 Å². The van der Waals surface area contributed by atoms with E-state index in [-0.39, 0.29) is 11.9 Å². The van der Waals surface area contributed by atoms with Gasteiger partial charge in [0, 0.05) is 19.5 Å². The molecule has 1 amide bonds. The van der Waals surface area contributed by atoms with Gasteiger partial charge in [0.05, 0.1) is 18.4 Å². The Morgan fingerprint density at radius 1 is 1.79 bits per heavy atom. The number of hydrogen-bond donors (Lipinski definition) is 2. The standard InChI is InChI=1S/C8H15N5O/c1-6(9)7-5-13(12-11-7)4-3-8(14)10-2/h5-6H,3-4,9H2,1-2H3,(H,10,14). The van der Waals surface area contributed by atoms with Gasteiger partial charge in [-0.05, 0) is 6.92 Å². The summed E-state index contributed by atoms with van der Waals surface area (Å²) in [6.07, 6.45) is 2.16. The van der Waals surface area contributed by atoms with Crippen LogP contribution in [0.4, 0.5) is 0 Å². The maximum Gasteiger partial charge on any atom is 0.221 e. The van der Waals surface area contributed by atoms with Gasteiger partial charge in [-0.1, -0.05) is 5.21 Å². The number of carbonyl (C=O) groups is 1. The van der Waals surface area contributed by atoms with Gasteiger partial charge in [0.25, 0.3) is 0 Å². The van der Waals surface area contributed by atoms with Gasteiger partial charge in [-0.2, -0.15) is 0 Å². The zero-order valence-corrected chi connectivity index (χ0v) is 8.40. The first-order valence-electron chi connectivity index (χ1n) is 4.49. The van der Waals surface area contributed by atoms with Crippen LogP contribution in [-0.2, 0) is 11.3 Å². The highest BCUT2D eigenvalue weighted by Crippen LogP contribution is 2.03. The van der Waals surface area contributed by atoms with E-state index in [0.717, 1.165) is 5.69 Å². The zero-order chi connectivity index (χ0) is 10.6. The minimum absolute atomic E-state index is 0.0113. The Bertz CT molecular complexity index is 306. The fraction of sp³-hybridized carbons (Fsp3) is 0.625. The van der Waals surface area contributed by atoms with Crippen LogP contribution in [0.3, 0.4) is 0 Å². The molecule has 1 aromatic rings. The molecule has 0 saturated carbocycles. The van der Waals surface area contributed by atoms with Crippen molar-refractivity contribution in [3.05, 3.63) is 11.9 Å². The highest BCUT2D eigenvalue weighted by atomic mass is 16.1. The molecule has 0 spiro atoms. The summed E-state index contributed by atoms with van der Waals surface area (Å²) >= 11 is 0. The summed E-state index contributed by atoms with van der Waals surface area (Å²) in [5.74, 6) is -0.0113. The third-order valence-corrected chi connectivity index (χ3v) is 1.87. The van der Waals surface area contributed by atoms with Crippen LogP contribution in [-0.4, -0.2) is 27.9 Å². The van der Waals surface area contributed by atoms with Crippen LogP contribution >= 0.6 is 0 Å². The SMILES string of the molecule is CNC(=O)CCn1cc(C(C)N)nn1. The lowest BCUT2D eigenvalue weighted by molar-refractivity contribution is -0.120. The predicted molar refractivity (Wildman–Crippen MR) is 51.3 cm³/mol. The molecule has 78 valence electrons. The van der Waals surface area contributed by atoms with E-state index < -0.39 is 0 Å². The van der Waals surface area contributed by atoms with E-state index in [1.165, 1.54) is 0 Å². The van der Waals surface area contributed by atoms with Crippen molar-refractivity contribution in [2.45, 2.75) is 25.9 Å². The van der Waals surface area contributed by atoms with Gasteiger partial charge in [-0.25, -0.2) is 0 Å². The van der Waals surface area contributed by atoms with Gasteiger partial charge in [0.2, 0.25) is 5.91 Å². The lowest BCUT2D eigenvalue weighted by Gasteiger charge is -1.99. The summed E-state index contributed by atoms with van der Waals surface area (Å²) in [5, 5.41) is 10.3. The topological polar surface area (TPSA) is 85.8 Å². The number of carbonyl (C=O) groups excluding carboxylic acids is 1. The Labute approximate surface area is 82.5 Å². The second-order valence-electron chi connectivity index (χ2n) is 3.12. The first kappa shape index (κ1) is 10.6. The Kier molecular flexibility index (Phi) is 3.58. The first-order valence-corrected chi connectivity index (χ1v) is 4.49. The molecular weight excluding hydrogens is 182 g/mol. The minimum Gasteiger partial charge on any atom is -0.359 e. The minimum atomic E-state index is -0.122. The molecule has 1 atom stereocenters. The highest BCUT2D eigenvalue weighted by molar-refractivity contribution is 5.75. The van der Waals surface area contributed by atoms with Crippen molar-refractivity contribution in [3.8, 4) is 0 Å². The lowest BCUT2D eigenvalue weighted by atomic mass is 10.3. The summed E-state index contributed by atoms with van der Waals surface area (Å²) in [5.41, 5.74) is 6.35. The Morgan fingerprint density at radius 3 is 3.00 bits per heavy atom. The molecule has 0 aromatic carbocycles. The quantitative estimate of drug-likeness (QED) is 0.677. The molecule has 3 N–H and O–H groups in total. The number of aromatic nitrogens is 3. The summed E-state index contributed by atoms with van der Waals surface area (Å²) in [4.78, 5) is 10.9. The van der Waals surface area contributed by atoms with E-state index in [0.29, 0.717) is 13.0 Å². The molecule has 0 saturated heterocycles. The van der Waals surface area contributed by atoms with Crippen molar-refractivity contribution in [1.82, 2.24) is 20.3 Å². The third kappa shape index (κ3) is 2.81. The van der Waals surface area contributed by atoms with Gasteiger partial charge in [-0.15, -0.1) is 5.10 Å². The van der Waals surface area contributed by atoms with Crippen molar-refractivity contribution >= 4 is 5.91 Å². The fourth-order valence-corrected chi connectivity index (χ4v) is 0.972. The van der Waals surface area contributed by atoms with Crippen molar-refractivity contribution in [1.29, 1.82) is 0 Å². The van der Waals surface area contributed by atoms with Crippen LogP contribution in [0.1, 0.15) is 25.1 Å². The first-order chi connectivity index (χ1) is 6.63. The van der Waals surface area contributed by atoms with Gasteiger partial charge < -0.3 is 11.1 Å². The van der Waals surface area contributed by atoms with E-state index in [4.69, 9.17) is 5.73 Å². The molecule has 0 aliphatic rings. The van der Waals surface area contributed by atoms with Crippen LogP contribution in [0, 0.1) is 0 Å². The van der Waals surface area contributed by atoms with Crippen LogP contribution in [0.25, 0.3) is 0 Å².